The maximum absolute atomic E-state index is 13.7. The molecule has 0 radical (unpaired) electrons. The summed E-state index contributed by atoms with van der Waals surface area (Å²) < 4.78 is 19.9. The van der Waals surface area contributed by atoms with Gasteiger partial charge in [0, 0.05) is 13.1 Å². The molecule has 23 heavy (non-hydrogen) atoms. The van der Waals surface area contributed by atoms with Crippen LogP contribution < -0.4 is 10.1 Å². The monoisotopic (exact) mass is 321 g/mol. The summed E-state index contributed by atoms with van der Waals surface area (Å²) in [5, 5.41) is 13.4. The van der Waals surface area contributed by atoms with E-state index in [1.807, 2.05) is 0 Å². The lowest BCUT2D eigenvalue weighted by atomic mass is 10.1. The second-order valence-electron chi connectivity index (χ2n) is 5.04. The Balaban J connectivity index is 2.16. The zero-order chi connectivity index (χ0) is 17.1. The smallest absolute Gasteiger partial charge is 0.287 e. The van der Waals surface area contributed by atoms with Crippen LogP contribution in [-0.4, -0.2) is 22.5 Å². The number of nitrogens with zero attached hydrogens (tertiary/aromatic N) is 2. The van der Waals surface area contributed by atoms with Crippen molar-refractivity contribution in [3.63, 3.8) is 0 Å². The maximum atomic E-state index is 13.7. The molecule has 1 heterocycles. The summed E-state index contributed by atoms with van der Waals surface area (Å²) in [6, 6.07) is 5.10. The van der Waals surface area contributed by atoms with Crippen LogP contribution in [0.4, 0.5) is 10.1 Å². The number of amides is 1. The molecule has 1 atom stereocenters. The number of rotatable bonds is 5. The first-order chi connectivity index (χ1) is 10.8. The summed E-state index contributed by atoms with van der Waals surface area (Å²) in [6.07, 6.45) is 1.26. The van der Waals surface area contributed by atoms with Crippen LogP contribution in [0.5, 0.6) is 5.75 Å². The standard InChI is InChI=1S/C15H16FN3O4/c1-9(10-4-5-14(23-3)12(16)6-10)17-15(20)13-7-11(19(21)22)8-18(13)2/h4-9H,1-3H3,(H,17,20). The van der Waals surface area contributed by atoms with Crippen LogP contribution in [0.1, 0.15) is 29.0 Å². The summed E-state index contributed by atoms with van der Waals surface area (Å²) in [5.74, 6) is -0.893. The van der Waals surface area contributed by atoms with Gasteiger partial charge in [-0.2, -0.15) is 0 Å². The van der Waals surface area contributed by atoms with Gasteiger partial charge in [0.25, 0.3) is 11.6 Å². The van der Waals surface area contributed by atoms with Crippen molar-refractivity contribution < 1.29 is 18.8 Å². The number of halogens is 1. The molecule has 1 N–H and O–H groups in total. The third kappa shape index (κ3) is 3.47. The summed E-state index contributed by atoms with van der Waals surface area (Å²) in [5.41, 5.74) is 0.540. The zero-order valence-electron chi connectivity index (χ0n) is 12.9. The fourth-order valence-electron chi connectivity index (χ4n) is 2.18. The van der Waals surface area contributed by atoms with Gasteiger partial charge in [-0.25, -0.2) is 4.39 Å². The summed E-state index contributed by atoms with van der Waals surface area (Å²) in [6.45, 7) is 1.69. The van der Waals surface area contributed by atoms with Crippen LogP contribution in [0, 0.1) is 15.9 Å². The van der Waals surface area contributed by atoms with Crippen LogP contribution in [0.25, 0.3) is 0 Å². The molecule has 0 bridgehead atoms. The number of methoxy groups -OCH3 is 1. The highest BCUT2D eigenvalue weighted by molar-refractivity contribution is 5.93. The topological polar surface area (TPSA) is 86.4 Å². The maximum Gasteiger partial charge on any atom is 0.287 e. The summed E-state index contributed by atoms with van der Waals surface area (Å²) in [4.78, 5) is 22.4. The number of hydrogen-bond donors (Lipinski definition) is 1. The molecule has 122 valence electrons. The molecule has 1 aromatic heterocycles. The van der Waals surface area contributed by atoms with Crippen LogP contribution in [0.2, 0.25) is 0 Å². The van der Waals surface area contributed by atoms with Crippen molar-refractivity contribution in [3.05, 3.63) is 57.7 Å². The van der Waals surface area contributed by atoms with E-state index in [0.717, 1.165) is 0 Å². The Morgan fingerprint density at radius 1 is 1.43 bits per heavy atom. The Labute approximate surface area is 131 Å². The van der Waals surface area contributed by atoms with E-state index in [9.17, 15) is 19.3 Å². The molecule has 2 aromatic rings. The quantitative estimate of drug-likeness (QED) is 0.677. The second-order valence-corrected chi connectivity index (χ2v) is 5.04. The second kappa shape index (κ2) is 6.47. The number of ether oxygens (including phenoxy) is 1. The number of benzene rings is 1. The average molecular weight is 321 g/mol. The van der Waals surface area contributed by atoms with Gasteiger partial charge in [0.1, 0.15) is 5.69 Å². The molecule has 0 spiro atoms. The number of hydrogen-bond acceptors (Lipinski definition) is 4. The van der Waals surface area contributed by atoms with Crippen LogP contribution in [0.15, 0.2) is 30.5 Å². The van der Waals surface area contributed by atoms with E-state index >= 15 is 0 Å². The van der Waals surface area contributed by atoms with E-state index in [1.54, 1.807) is 20.0 Å². The first-order valence-electron chi connectivity index (χ1n) is 6.78. The van der Waals surface area contributed by atoms with Crippen LogP contribution in [-0.2, 0) is 7.05 Å². The number of aryl methyl sites for hydroxylation is 1. The van der Waals surface area contributed by atoms with Crippen molar-refractivity contribution >= 4 is 11.6 Å². The van der Waals surface area contributed by atoms with Gasteiger partial charge >= 0.3 is 0 Å². The molecule has 0 aliphatic rings. The fraction of sp³-hybridized carbons (Fsp3) is 0.267. The highest BCUT2D eigenvalue weighted by Crippen LogP contribution is 2.22. The number of nitro groups is 1. The van der Waals surface area contributed by atoms with E-state index in [1.165, 1.54) is 36.1 Å². The third-order valence-corrected chi connectivity index (χ3v) is 3.46. The minimum atomic E-state index is -0.570. The van der Waals surface area contributed by atoms with Crippen molar-refractivity contribution in [3.8, 4) is 5.75 Å². The molecule has 8 heteroatoms. The predicted octanol–water partition coefficient (Wildman–Crippen LogP) is 2.57. The van der Waals surface area contributed by atoms with Gasteiger partial charge in [-0.3, -0.25) is 14.9 Å². The van der Waals surface area contributed by atoms with E-state index in [4.69, 9.17) is 4.74 Å². The summed E-state index contributed by atoms with van der Waals surface area (Å²) in [7, 11) is 2.91. The van der Waals surface area contributed by atoms with Gasteiger partial charge in [0.05, 0.1) is 24.3 Å². The molecule has 0 aliphatic heterocycles. The lowest BCUT2D eigenvalue weighted by Gasteiger charge is -2.15. The van der Waals surface area contributed by atoms with Gasteiger partial charge in [0.2, 0.25) is 0 Å². The van der Waals surface area contributed by atoms with Gasteiger partial charge in [-0.05, 0) is 24.6 Å². The zero-order valence-corrected chi connectivity index (χ0v) is 12.9. The van der Waals surface area contributed by atoms with E-state index in [2.05, 4.69) is 5.32 Å². The SMILES string of the molecule is COc1ccc(C(C)NC(=O)c2cc([N+](=O)[O-])cn2C)cc1F. The molecule has 0 aliphatic carbocycles. The largest absolute Gasteiger partial charge is 0.494 e. The van der Waals surface area contributed by atoms with Crippen LogP contribution in [0.3, 0.4) is 0 Å². The highest BCUT2D eigenvalue weighted by Gasteiger charge is 2.19. The Bertz CT molecular complexity index is 757. The Hall–Kier alpha value is -2.90. The Morgan fingerprint density at radius 2 is 2.13 bits per heavy atom. The molecule has 1 aromatic carbocycles. The Morgan fingerprint density at radius 3 is 2.65 bits per heavy atom. The normalized spacial score (nSPS) is 11.8. The van der Waals surface area contributed by atoms with E-state index in [-0.39, 0.29) is 17.1 Å². The highest BCUT2D eigenvalue weighted by atomic mass is 19.1. The number of carbonyl (C=O) groups excluding carboxylic acids is 1. The predicted molar refractivity (Wildman–Crippen MR) is 80.9 cm³/mol. The van der Waals surface area contributed by atoms with Crippen molar-refractivity contribution in [2.45, 2.75) is 13.0 Å². The van der Waals surface area contributed by atoms with E-state index in [0.29, 0.717) is 5.56 Å². The molecule has 0 fully saturated rings. The van der Waals surface area contributed by atoms with Crippen molar-refractivity contribution in [2.24, 2.45) is 7.05 Å². The molecule has 0 saturated heterocycles. The van der Waals surface area contributed by atoms with Crippen molar-refractivity contribution in [1.82, 2.24) is 9.88 Å². The molecule has 0 saturated carbocycles. The molecule has 2 rings (SSSR count). The number of nitrogens with one attached hydrogen (secondary N) is 1. The van der Waals surface area contributed by atoms with E-state index < -0.39 is 22.7 Å². The first kappa shape index (κ1) is 16.5. The average Bonchev–Trinajstić information content (AvgIpc) is 2.89. The van der Waals surface area contributed by atoms with Crippen molar-refractivity contribution in [1.29, 1.82) is 0 Å². The third-order valence-electron chi connectivity index (χ3n) is 3.46. The molecular formula is C15H16FN3O4. The molecular weight excluding hydrogens is 305 g/mol. The van der Waals surface area contributed by atoms with Gasteiger partial charge in [-0.15, -0.1) is 0 Å². The first-order valence-corrected chi connectivity index (χ1v) is 6.78. The number of carbonyl (C=O) groups is 1. The Kier molecular flexibility index (Phi) is 4.63. The minimum Gasteiger partial charge on any atom is -0.494 e. The summed E-state index contributed by atoms with van der Waals surface area (Å²) >= 11 is 0. The van der Waals surface area contributed by atoms with Crippen LogP contribution >= 0.6 is 0 Å². The molecule has 1 unspecified atom stereocenters. The molecule has 7 nitrogen and oxygen atoms in total. The van der Waals surface area contributed by atoms with Gasteiger partial charge < -0.3 is 14.6 Å². The molecule has 1 amide bonds. The van der Waals surface area contributed by atoms with Gasteiger partial charge in [0.15, 0.2) is 11.6 Å². The number of aromatic nitrogens is 1. The fourth-order valence-corrected chi connectivity index (χ4v) is 2.18. The van der Waals surface area contributed by atoms with Crippen molar-refractivity contribution in [2.75, 3.05) is 7.11 Å². The van der Waals surface area contributed by atoms with Gasteiger partial charge in [-0.1, -0.05) is 6.07 Å². The lowest BCUT2D eigenvalue weighted by molar-refractivity contribution is -0.384. The minimum absolute atomic E-state index is 0.116. The lowest BCUT2D eigenvalue weighted by Crippen LogP contribution is -2.28.